The monoisotopic (exact) mass is 347 g/mol. The molecule has 0 saturated heterocycles. The quantitative estimate of drug-likeness (QED) is 0.586. The summed E-state index contributed by atoms with van der Waals surface area (Å²) in [6.07, 6.45) is 2.91. The Bertz CT molecular complexity index is 1160. The number of fused-ring (bicyclic) bond motifs is 1. The van der Waals surface area contributed by atoms with Crippen molar-refractivity contribution < 1.29 is 9.21 Å². The second-order valence-electron chi connectivity index (χ2n) is 5.71. The van der Waals surface area contributed by atoms with E-state index in [-0.39, 0.29) is 11.6 Å². The lowest BCUT2D eigenvalue weighted by atomic mass is 10.1. The summed E-state index contributed by atoms with van der Waals surface area (Å²) >= 11 is 0. The van der Waals surface area contributed by atoms with E-state index in [1.165, 1.54) is 11.1 Å². The Morgan fingerprint density at radius 3 is 2.96 bits per heavy atom. The van der Waals surface area contributed by atoms with E-state index < -0.39 is 0 Å². The highest BCUT2D eigenvalue weighted by molar-refractivity contribution is 6.05. The number of H-pyrrole nitrogens is 1. The normalized spacial score (nSPS) is 10.8. The maximum Gasteiger partial charge on any atom is 0.274 e. The molecule has 0 aliphatic carbocycles. The summed E-state index contributed by atoms with van der Waals surface area (Å²) in [5.41, 5.74) is 3.11. The molecule has 26 heavy (non-hydrogen) atoms. The Labute approximate surface area is 147 Å². The Kier molecular flexibility index (Phi) is 3.51. The summed E-state index contributed by atoms with van der Waals surface area (Å²) < 4.78 is 6.70. The fraction of sp³-hybridized carbons (Fsp3) is 0.118. The molecule has 0 radical (unpaired) electrons. The molecule has 0 atom stereocenters. The molecule has 9 heteroatoms. The van der Waals surface area contributed by atoms with Crippen molar-refractivity contribution in [3.8, 4) is 17.5 Å². The molecule has 1 amide bonds. The number of oxazole rings is 1. The molecular formula is C17H13N7O2. The first kappa shape index (κ1) is 15.6. The molecular weight excluding hydrogens is 334 g/mol. The molecule has 3 heterocycles. The molecule has 0 saturated carbocycles. The Hall–Kier alpha value is -3.93. The molecule has 0 aliphatic rings. The molecule has 4 rings (SSSR count). The molecule has 2 N–H and O–H groups in total. The van der Waals surface area contributed by atoms with E-state index in [4.69, 9.17) is 9.68 Å². The van der Waals surface area contributed by atoms with Crippen LogP contribution in [-0.2, 0) is 7.05 Å². The zero-order chi connectivity index (χ0) is 18.3. The average Bonchev–Trinajstić information content (AvgIpc) is 3.33. The van der Waals surface area contributed by atoms with E-state index >= 15 is 0 Å². The number of nitrogens with zero attached hydrogens (tertiary/aromatic N) is 5. The van der Waals surface area contributed by atoms with Gasteiger partial charge in [0.2, 0.25) is 0 Å². The first-order valence-electron chi connectivity index (χ1n) is 7.70. The number of amides is 1. The highest BCUT2D eigenvalue weighted by Crippen LogP contribution is 2.28. The lowest BCUT2D eigenvalue weighted by Crippen LogP contribution is -2.17. The molecule has 0 unspecified atom stereocenters. The third-order valence-electron chi connectivity index (χ3n) is 4.09. The third kappa shape index (κ3) is 2.41. The van der Waals surface area contributed by atoms with E-state index in [0.717, 1.165) is 10.9 Å². The van der Waals surface area contributed by atoms with Gasteiger partial charge < -0.3 is 9.73 Å². The van der Waals surface area contributed by atoms with Gasteiger partial charge in [-0.25, -0.2) is 4.98 Å². The van der Waals surface area contributed by atoms with Crippen molar-refractivity contribution in [3.63, 3.8) is 0 Å². The number of aromatic amines is 1. The van der Waals surface area contributed by atoms with E-state index in [2.05, 4.69) is 25.6 Å². The van der Waals surface area contributed by atoms with Gasteiger partial charge in [0.15, 0.2) is 17.8 Å². The maximum absolute atomic E-state index is 12.6. The fourth-order valence-corrected chi connectivity index (χ4v) is 2.86. The number of nitriles is 1. The molecule has 0 bridgehead atoms. The number of aryl methyl sites for hydroxylation is 1. The number of hydrogen-bond donors (Lipinski definition) is 2. The molecule has 0 aliphatic heterocycles. The minimum atomic E-state index is -0.344. The van der Waals surface area contributed by atoms with Crippen LogP contribution in [0.25, 0.3) is 22.4 Å². The largest absolute Gasteiger partial charge is 0.442 e. The van der Waals surface area contributed by atoms with Crippen LogP contribution in [0.15, 0.2) is 35.2 Å². The van der Waals surface area contributed by atoms with Crippen LogP contribution >= 0.6 is 0 Å². The van der Waals surface area contributed by atoms with Crippen molar-refractivity contribution in [2.45, 2.75) is 6.92 Å². The van der Waals surface area contributed by atoms with Crippen molar-refractivity contribution >= 4 is 22.5 Å². The molecule has 3 aromatic heterocycles. The Morgan fingerprint density at radius 2 is 2.27 bits per heavy atom. The highest BCUT2D eigenvalue weighted by atomic mass is 16.3. The summed E-state index contributed by atoms with van der Waals surface area (Å²) in [5.74, 6) is 0.184. The first-order valence-corrected chi connectivity index (χ1v) is 7.70. The van der Waals surface area contributed by atoms with Gasteiger partial charge in [0, 0.05) is 23.7 Å². The van der Waals surface area contributed by atoms with Gasteiger partial charge in [-0.1, -0.05) is 0 Å². The summed E-state index contributed by atoms with van der Waals surface area (Å²) in [4.78, 5) is 16.5. The lowest BCUT2D eigenvalue weighted by Gasteiger charge is -2.07. The molecule has 0 spiro atoms. The van der Waals surface area contributed by atoms with Crippen LogP contribution in [0.1, 0.15) is 21.7 Å². The fourth-order valence-electron chi connectivity index (χ4n) is 2.86. The van der Waals surface area contributed by atoms with Crippen molar-refractivity contribution in [3.05, 3.63) is 47.7 Å². The summed E-state index contributed by atoms with van der Waals surface area (Å²) in [6.45, 7) is 1.70. The highest BCUT2D eigenvalue weighted by Gasteiger charge is 2.19. The van der Waals surface area contributed by atoms with Crippen LogP contribution in [0, 0.1) is 18.3 Å². The van der Waals surface area contributed by atoms with Crippen molar-refractivity contribution in [1.82, 2.24) is 25.0 Å². The number of carbonyl (C=O) groups excluding carboxylic acids is 1. The number of rotatable bonds is 3. The predicted molar refractivity (Wildman–Crippen MR) is 92.2 cm³/mol. The SMILES string of the molecule is Cc1c(C#N)nn(C)c1C(=O)Nc1ccc2[nH]nc(-c3cnco3)c2c1. The van der Waals surface area contributed by atoms with Crippen molar-refractivity contribution in [2.75, 3.05) is 5.32 Å². The molecule has 1 aromatic carbocycles. The second kappa shape index (κ2) is 5.86. The zero-order valence-corrected chi connectivity index (χ0v) is 13.9. The van der Waals surface area contributed by atoms with Crippen LogP contribution in [0.3, 0.4) is 0 Å². The minimum Gasteiger partial charge on any atom is -0.442 e. The minimum absolute atomic E-state index is 0.232. The van der Waals surface area contributed by atoms with Gasteiger partial charge in [0.25, 0.3) is 5.91 Å². The summed E-state index contributed by atoms with van der Waals surface area (Å²) in [5, 5.41) is 23.9. The van der Waals surface area contributed by atoms with Gasteiger partial charge >= 0.3 is 0 Å². The van der Waals surface area contributed by atoms with Crippen molar-refractivity contribution in [2.24, 2.45) is 7.05 Å². The van der Waals surface area contributed by atoms with Gasteiger partial charge in [-0.15, -0.1) is 0 Å². The number of aromatic nitrogens is 5. The smallest absolute Gasteiger partial charge is 0.274 e. The Balaban J connectivity index is 1.70. The first-order chi connectivity index (χ1) is 12.6. The van der Waals surface area contributed by atoms with Gasteiger partial charge in [0.05, 0.1) is 11.7 Å². The van der Waals surface area contributed by atoms with Gasteiger partial charge in [-0.05, 0) is 25.1 Å². The number of anilines is 1. The average molecular weight is 347 g/mol. The van der Waals surface area contributed by atoms with Crippen molar-refractivity contribution in [1.29, 1.82) is 5.26 Å². The van der Waals surface area contributed by atoms with E-state index in [0.29, 0.717) is 28.4 Å². The summed E-state index contributed by atoms with van der Waals surface area (Å²) in [6, 6.07) is 7.35. The predicted octanol–water partition coefficient (Wildman–Crippen LogP) is 2.38. The van der Waals surface area contributed by atoms with Crippen LogP contribution < -0.4 is 5.32 Å². The number of benzene rings is 1. The Morgan fingerprint density at radius 1 is 1.42 bits per heavy atom. The number of carbonyl (C=O) groups is 1. The number of nitrogens with one attached hydrogen (secondary N) is 2. The van der Waals surface area contributed by atoms with Gasteiger partial charge in [-0.2, -0.15) is 15.5 Å². The molecule has 0 fully saturated rings. The van der Waals surface area contributed by atoms with Crippen LogP contribution in [0.5, 0.6) is 0 Å². The lowest BCUT2D eigenvalue weighted by molar-refractivity contribution is 0.101. The van der Waals surface area contributed by atoms with Crippen LogP contribution in [0.2, 0.25) is 0 Å². The molecule has 128 valence electrons. The van der Waals surface area contributed by atoms with Crippen LogP contribution in [-0.4, -0.2) is 30.9 Å². The number of hydrogen-bond acceptors (Lipinski definition) is 6. The van der Waals surface area contributed by atoms with E-state index in [1.54, 1.807) is 32.3 Å². The molecule has 9 nitrogen and oxygen atoms in total. The topological polar surface area (TPSA) is 125 Å². The maximum atomic E-state index is 12.6. The van der Waals surface area contributed by atoms with Crippen LogP contribution in [0.4, 0.5) is 5.69 Å². The van der Waals surface area contributed by atoms with E-state index in [1.807, 2.05) is 12.1 Å². The summed E-state index contributed by atoms with van der Waals surface area (Å²) in [7, 11) is 1.63. The standard InChI is InChI=1S/C17H13N7O2/c1-9-13(6-18)23-24(2)16(9)17(25)20-10-3-4-12-11(5-10)15(22-21-12)14-7-19-8-26-14/h3-5,7-8H,1-2H3,(H,20,25)(H,21,22). The van der Waals surface area contributed by atoms with Gasteiger partial charge in [0.1, 0.15) is 17.5 Å². The molecule has 4 aromatic rings. The zero-order valence-electron chi connectivity index (χ0n) is 13.9. The van der Waals surface area contributed by atoms with Gasteiger partial charge in [-0.3, -0.25) is 14.6 Å². The second-order valence-corrected chi connectivity index (χ2v) is 5.71. The van der Waals surface area contributed by atoms with E-state index in [9.17, 15) is 4.79 Å². The third-order valence-corrected chi connectivity index (χ3v) is 4.09.